The third-order valence-electron chi connectivity index (χ3n) is 1.18. The third kappa shape index (κ3) is 8.53. The van der Waals surface area contributed by atoms with Crippen LogP contribution in [0.3, 0.4) is 0 Å². The molecule has 0 bridgehead atoms. The molecule has 0 aliphatic heterocycles. The van der Waals surface area contributed by atoms with Crippen LogP contribution in [0.1, 0.15) is 33.1 Å². The van der Waals surface area contributed by atoms with Crippen LogP contribution in [-0.4, -0.2) is 0 Å². The summed E-state index contributed by atoms with van der Waals surface area (Å²) in [4.78, 5) is 0. The Morgan fingerprint density at radius 1 is 1.33 bits per heavy atom. The molecule has 0 rings (SSSR count). The summed E-state index contributed by atoms with van der Waals surface area (Å²) in [6.45, 7) is 4.42. The maximum atomic E-state index is 2.28. The van der Waals surface area contributed by atoms with Gasteiger partial charge in [0.15, 0.2) is 0 Å². The van der Waals surface area contributed by atoms with Gasteiger partial charge in [0.1, 0.15) is 0 Å². The first kappa shape index (κ1) is 9.53. The number of hydrogen-bond acceptors (Lipinski definition) is 0. The zero-order valence-corrected chi connectivity index (χ0v) is 7.80. The molecule has 1 heteroatoms. The standard InChI is InChI=1S/C5H11.C3H6.Cr/c1-3-5-4-2;1-3-2;/h1,3-5H2,2H3;3H,1H2,2H3;. The van der Waals surface area contributed by atoms with E-state index in [4.69, 9.17) is 0 Å². The molecule has 9 heavy (non-hydrogen) atoms. The van der Waals surface area contributed by atoms with Gasteiger partial charge in [-0.2, -0.15) is 0 Å². The van der Waals surface area contributed by atoms with E-state index in [1.807, 2.05) is 0 Å². The molecular weight excluding hydrogens is 148 g/mol. The molecule has 0 nitrogen and oxygen atoms in total. The van der Waals surface area contributed by atoms with Crippen LogP contribution in [-0.2, 0) is 15.2 Å². The second kappa shape index (κ2) is 8.53. The molecule has 0 N–H and O–H groups in total. The van der Waals surface area contributed by atoms with Crippen molar-refractivity contribution in [3.63, 3.8) is 0 Å². The van der Waals surface area contributed by atoms with Crippen molar-refractivity contribution in [3.8, 4) is 0 Å². The average Bonchev–Trinajstić information content (AvgIpc) is 1.89. The van der Waals surface area contributed by atoms with Gasteiger partial charge in [0.2, 0.25) is 0 Å². The van der Waals surface area contributed by atoms with Crippen LogP contribution >= 0.6 is 0 Å². The molecule has 0 spiro atoms. The summed E-state index contributed by atoms with van der Waals surface area (Å²) in [6.07, 6.45) is 6.55. The second-order valence-corrected chi connectivity index (χ2v) is 3.99. The van der Waals surface area contributed by atoms with Crippen LogP contribution in [0, 0.1) is 6.42 Å². The Morgan fingerprint density at radius 2 is 2.11 bits per heavy atom. The molecule has 0 aromatic carbocycles. The Hall–Kier alpha value is 0.532. The Bertz CT molecular complexity index is 37.8. The molecule has 0 unspecified atom stereocenters. The first-order chi connectivity index (χ1) is 4.41. The van der Waals surface area contributed by atoms with Gasteiger partial charge in [0, 0.05) is 0 Å². The normalized spacial score (nSPS) is 10.0. The van der Waals surface area contributed by atoms with Crippen molar-refractivity contribution in [1.29, 1.82) is 0 Å². The van der Waals surface area contributed by atoms with E-state index in [2.05, 4.69) is 20.3 Å². The molecule has 1 radical (unpaired) electrons. The van der Waals surface area contributed by atoms with Crippen LogP contribution in [0.15, 0.2) is 0 Å². The fourth-order valence-corrected chi connectivity index (χ4v) is 1.92. The van der Waals surface area contributed by atoms with E-state index in [9.17, 15) is 0 Å². The van der Waals surface area contributed by atoms with Crippen molar-refractivity contribution in [3.05, 3.63) is 6.42 Å². The minimum atomic E-state index is 0.921. The van der Waals surface area contributed by atoms with Gasteiger partial charge in [-0.05, 0) is 0 Å². The van der Waals surface area contributed by atoms with Crippen molar-refractivity contribution in [2.75, 3.05) is 0 Å². The van der Waals surface area contributed by atoms with E-state index in [-0.39, 0.29) is 0 Å². The van der Waals surface area contributed by atoms with Gasteiger partial charge in [-0.1, -0.05) is 0 Å². The molecule has 0 fully saturated rings. The van der Waals surface area contributed by atoms with E-state index in [0.717, 1.165) is 15.2 Å². The van der Waals surface area contributed by atoms with Gasteiger partial charge in [-0.15, -0.1) is 0 Å². The van der Waals surface area contributed by atoms with Gasteiger partial charge >= 0.3 is 65.3 Å². The second-order valence-electron chi connectivity index (χ2n) is 2.19. The van der Waals surface area contributed by atoms with Gasteiger partial charge in [-0.3, -0.25) is 0 Å². The molecule has 0 atom stereocenters. The van der Waals surface area contributed by atoms with Crippen LogP contribution in [0.5, 0.6) is 0 Å². The van der Waals surface area contributed by atoms with Crippen LogP contribution in [0.4, 0.5) is 0 Å². The molecule has 0 amide bonds. The molecule has 0 saturated heterocycles. The SMILES string of the molecule is C[CH][CH2][Cr][CH2]CCCC. The van der Waals surface area contributed by atoms with Crippen molar-refractivity contribution in [2.24, 2.45) is 0 Å². The molecule has 0 saturated carbocycles. The van der Waals surface area contributed by atoms with E-state index in [1.165, 1.54) is 29.8 Å². The van der Waals surface area contributed by atoms with E-state index < -0.39 is 0 Å². The third-order valence-corrected chi connectivity index (χ3v) is 2.97. The summed E-state index contributed by atoms with van der Waals surface area (Å²) in [7, 11) is 0. The summed E-state index contributed by atoms with van der Waals surface area (Å²) < 4.78 is 0. The Morgan fingerprint density at radius 3 is 2.67 bits per heavy atom. The quantitative estimate of drug-likeness (QED) is 0.529. The summed E-state index contributed by atoms with van der Waals surface area (Å²) >= 11 is 0.921. The Balaban J connectivity index is 2.60. The van der Waals surface area contributed by atoms with Crippen molar-refractivity contribution < 1.29 is 15.2 Å². The molecule has 0 aliphatic rings. The summed E-state index contributed by atoms with van der Waals surface area (Å²) in [5, 5.41) is 2.86. The van der Waals surface area contributed by atoms with Crippen LogP contribution in [0.2, 0.25) is 10.6 Å². The summed E-state index contributed by atoms with van der Waals surface area (Å²) in [5.41, 5.74) is 0. The summed E-state index contributed by atoms with van der Waals surface area (Å²) in [6, 6.07) is 0. The molecule has 0 aromatic rings. The topological polar surface area (TPSA) is 0 Å². The van der Waals surface area contributed by atoms with E-state index in [1.54, 1.807) is 0 Å². The van der Waals surface area contributed by atoms with Crippen LogP contribution < -0.4 is 0 Å². The fraction of sp³-hybridized carbons (Fsp3) is 0.875. The van der Waals surface area contributed by atoms with Gasteiger partial charge in [-0.25, -0.2) is 0 Å². The van der Waals surface area contributed by atoms with Crippen molar-refractivity contribution in [1.82, 2.24) is 0 Å². The maximum absolute atomic E-state index is 2.28. The summed E-state index contributed by atoms with van der Waals surface area (Å²) in [5.74, 6) is 0. The average molecular weight is 165 g/mol. The monoisotopic (exact) mass is 165 g/mol. The molecule has 55 valence electrons. The van der Waals surface area contributed by atoms with Gasteiger partial charge in [0.05, 0.1) is 0 Å². The molecule has 0 aliphatic carbocycles. The van der Waals surface area contributed by atoms with Crippen LogP contribution in [0.25, 0.3) is 0 Å². The Labute approximate surface area is 65.7 Å². The first-order valence-electron chi connectivity index (χ1n) is 3.77. The van der Waals surface area contributed by atoms with E-state index in [0.29, 0.717) is 0 Å². The predicted octanol–water partition coefficient (Wildman–Crippen LogP) is 3.32. The first-order valence-corrected chi connectivity index (χ1v) is 5.57. The van der Waals surface area contributed by atoms with Crippen molar-refractivity contribution >= 4 is 0 Å². The zero-order valence-electron chi connectivity index (χ0n) is 6.52. The zero-order chi connectivity index (χ0) is 6.95. The van der Waals surface area contributed by atoms with Gasteiger partial charge < -0.3 is 0 Å². The molecule has 0 aromatic heterocycles. The predicted molar refractivity (Wildman–Crippen MR) is 39.1 cm³/mol. The number of unbranched alkanes of at least 4 members (excludes halogenated alkanes) is 2. The molecular formula is C8H17Cr. The van der Waals surface area contributed by atoms with E-state index >= 15 is 0 Å². The number of hydrogen-bond donors (Lipinski definition) is 0. The number of rotatable bonds is 6. The fourth-order valence-electron chi connectivity index (χ4n) is 0.655. The Kier molecular flexibility index (Phi) is 9.04. The minimum absolute atomic E-state index is 0.921. The molecule has 0 heterocycles. The van der Waals surface area contributed by atoms with Gasteiger partial charge in [0.25, 0.3) is 0 Å². The van der Waals surface area contributed by atoms with Crippen molar-refractivity contribution in [2.45, 2.75) is 43.7 Å².